The summed E-state index contributed by atoms with van der Waals surface area (Å²) in [5.74, 6) is 4.91. The fourth-order valence-corrected chi connectivity index (χ4v) is 8.49. The molecule has 0 aromatic heterocycles. The number of hydrogen-bond acceptors (Lipinski definition) is 1. The highest BCUT2D eigenvalue weighted by atomic mass is 16.3. The van der Waals surface area contributed by atoms with Gasteiger partial charge in [-0.3, -0.25) is 0 Å². The van der Waals surface area contributed by atoms with Crippen LogP contribution in [0.25, 0.3) is 0 Å². The molecule has 8 atom stereocenters. The minimum atomic E-state index is -0.0895. The average Bonchev–Trinajstić information content (AvgIpc) is 3.03. The summed E-state index contributed by atoms with van der Waals surface area (Å²) in [6.07, 6.45) is 15.1. The molecular weight excluding hydrogens is 352 g/mol. The molecule has 1 N–H and O–H groups in total. The van der Waals surface area contributed by atoms with Gasteiger partial charge in [-0.1, -0.05) is 58.4 Å². The number of aliphatic hydroxyl groups excluding tert-OH is 1. The molecule has 1 heteroatoms. The summed E-state index contributed by atoms with van der Waals surface area (Å²) >= 11 is 0. The molecule has 4 aliphatic carbocycles. The van der Waals surface area contributed by atoms with Gasteiger partial charge < -0.3 is 5.11 Å². The molecule has 29 heavy (non-hydrogen) atoms. The van der Waals surface area contributed by atoms with Crippen LogP contribution in [0.2, 0.25) is 0 Å². The third-order valence-electron chi connectivity index (χ3n) is 10.4. The number of allylic oxidation sites excluding steroid dienone is 2. The van der Waals surface area contributed by atoms with Crippen LogP contribution in [0.1, 0.15) is 98.8 Å². The second-order valence-corrected chi connectivity index (χ2v) is 12.3. The summed E-state index contributed by atoms with van der Waals surface area (Å²) < 4.78 is 0. The first-order valence-corrected chi connectivity index (χ1v) is 12.7. The summed E-state index contributed by atoms with van der Waals surface area (Å²) in [5, 5.41) is 10.2. The molecule has 3 saturated carbocycles. The fourth-order valence-electron chi connectivity index (χ4n) is 8.49. The summed E-state index contributed by atoms with van der Waals surface area (Å²) in [6, 6.07) is 0. The Morgan fingerprint density at radius 2 is 1.86 bits per heavy atom. The van der Waals surface area contributed by atoms with Crippen molar-refractivity contribution in [3.05, 3.63) is 23.8 Å². The molecule has 1 nitrogen and oxygen atoms in total. The van der Waals surface area contributed by atoms with E-state index in [-0.39, 0.29) is 6.10 Å². The van der Waals surface area contributed by atoms with E-state index in [0.29, 0.717) is 16.7 Å². The van der Waals surface area contributed by atoms with Crippen LogP contribution >= 0.6 is 0 Å². The Morgan fingerprint density at radius 3 is 2.59 bits per heavy atom. The Morgan fingerprint density at radius 1 is 1.10 bits per heavy atom. The van der Waals surface area contributed by atoms with Crippen molar-refractivity contribution < 1.29 is 5.11 Å². The molecule has 0 aliphatic heterocycles. The van der Waals surface area contributed by atoms with Crippen LogP contribution in [0.15, 0.2) is 23.8 Å². The molecule has 4 rings (SSSR count). The molecule has 164 valence electrons. The summed E-state index contributed by atoms with van der Waals surface area (Å²) in [6.45, 7) is 16.9. The van der Waals surface area contributed by atoms with Crippen molar-refractivity contribution >= 4 is 0 Å². The first-order chi connectivity index (χ1) is 13.7. The predicted octanol–water partition coefficient (Wildman–Crippen LogP) is 7.55. The van der Waals surface area contributed by atoms with Crippen LogP contribution in [0, 0.1) is 46.3 Å². The summed E-state index contributed by atoms with van der Waals surface area (Å²) in [5.41, 5.74) is 4.00. The largest absolute Gasteiger partial charge is 0.393 e. The standard InChI is InChI=1S/C28H46O/c1-18(2)7-8-19(3)20(4)24-11-12-25-23-10-9-21-17-22(29)13-15-27(21,5)26(23)14-16-28(24,25)6/h9,18,20,22-26,29H,3,7-8,10-17H2,1-2,4-6H3/t20-,22+,23+,24-,25+,26+,27+,28-/m1/s1. The molecule has 0 aromatic rings. The molecule has 0 saturated heterocycles. The zero-order valence-corrected chi connectivity index (χ0v) is 19.8. The van der Waals surface area contributed by atoms with E-state index in [4.69, 9.17) is 0 Å². The lowest BCUT2D eigenvalue weighted by molar-refractivity contribution is -0.0547. The third kappa shape index (κ3) is 3.58. The van der Waals surface area contributed by atoms with Gasteiger partial charge in [0.1, 0.15) is 0 Å². The van der Waals surface area contributed by atoms with Gasteiger partial charge in [-0.2, -0.15) is 0 Å². The number of aliphatic hydroxyl groups is 1. The van der Waals surface area contributed by atoms with Crippen molar-refractivity contribution in [2.45, 2.75) is 105 Å². The van der Waals surface area contributed by atoms with E-state index >= 15 is 0 Å². The van der Waals surface area contributed by atoms with Gasteiger partial charge in [0.05, 0.1) is 6.10 Å². The van der Waals surface area contributed by atoms with Gasteiger partial charge >= 0.3 is 0 Å². The Hall–Kier alpha value is -0.560. The molecule has 0 spiro atoms. The van der Waals surface area contributed by atoms with Crippen LogP contribution in [0.3, 0.4) is 0 Å². The van der Waals surface area contributed by atoms with Crippen molar-refractivity contribution in [1.82, 2.24) is 0 Å². The van der Waals surface area contributed by atoms with Gasteiger partial charge in [0.2, 0.25) is 0 Å². The highest BCUT2D eigenvalue weighted by Gasteiger charge is 2.59. The van der Waals surface area contributed by atoms with E-state index in [1.807, 2.05) is 0 Å². The average molecular weight is 399 g/mol. The van der Waals surface area contributed by atoms with Crippen LogP contribution in [-0.2, 0) is 0 Å². The molecule has 0 aromatic carbocycles. The maximum atomic E-state index is 10.2. The lowest BCUT2D eigenvalue weighted by Gasteiger charge is -2.58. The molecule has 0 amide bonds. The second kappa shape index (κ2) is 7.85. The van der Waals surface area contributed by atoms with Crippen molar-refractivity contribution in [1.29, 1.82) is 0 Å². The smallest absolute Gasteiger partial charge is 0.0577 e. The van der Waals surface area contributed by atoms with Crippen LogP contribution in [0.4, 0.5) is 0 Å². The number of fused-ring (bicyclic) bond motifs is 5. The number of hydrogen-bond donors (Lipinski definition) is 1. The minimum absolute atomic E-state index is 0.0895. The highest BCUT2D eigenvalue weighted by molar-refractivity contribution is 5.25. The monoisotopic (exact) mass is 398 g/mol. The lowest BCUT2D eigenvalue weighted by atomic mass is 9.47. The van der Waals surface area contributed by atoms with Gasteiger partial charge in [0.25, 0.3) is 0 Å². The van der Waals surface area contributed by atoms with Gasteiger partial charge in [-0.05, 0) is 111 Å². The molecule has 3 fully saturated rings. The maximum absolute atomic E-state index is 10.2. The van der Waals surface area contributed by atoms with E-state index < -0.39 is 0 Å². The van der Waals surface area contributed by atoms with Gasteiger partial charge in [-0.25, -0.2) is 0 Å². The lowest BCUT2D eigenvalue weighted by Crippen LogP contribution is -2.50. The third-order valence-corrected chi connectivity index (χ3v) is 10.4. The molecule has 0 bridgehead atoms. The first-order valence-electron chi connectivity index (χ1n) is 12.7. The molecule has 0 heterocycles. The van der Waals surface area contributed by atoms with E-state index in [2.05, 4.69) is 47.3 Å². The number of rotatable bonds is 5. The summed E-state index contributed by atoms with van der Waals surface area (Å²) in [4.78, 5) is 0. The van der Waals surface area contributed by atoms with Gasteiger partial charge in [0, 0.05) is 0 Å². The maximum Gasteiger partial charge on any atom is 0.0577 e. The van der Waals surface area contributed by atoms with E-state index in [1.165, 1.54) is 56.9 Å². The van der Waals surface area contributed by atoms with Gasteiger partial charge in [-0.15, -0.1) is 0 Å². The SMILES string of the molecule is C=C(CCC(C)C)[C@@H](C)[C@H]1CC[C@H]2[C@@H]3CC=C4C[C@@H](O)CC[C@]4(C)[C@H]3CC[C@]12C. The Labute approximate surface area is 180 Å². The van der Waals surface area contributed by atoms with E-state index in [9.17, 15) is 5.11 Å². The fraction of sp³-hybridized carbons (Fsp3) is 0.857. The second-order valence-electron chi connectivity index (χ2n) is 12.3. The summed E-state index contributed by atoms with van der Waals surface area (Å²) in [7, 11) is 0. The molecule has 0 unspecified atom stereocenters. The quantitative estimate of drug-likeness (QED) is 0.474. The van der Waals surface area contributed by atoms with Crippen molar-refractivity contribution in [2.24, 2.45) is 46.3 Å². The Kier molecular flexibility index (Phi) is 5.86. The predicted molar refractivity (Wildman–Crippen MR) is 124 cm³/mol. The zero-order chi connectivity index (χ0) is 21.0. The van der Waals surface area contributed by atoms with Crippen LogP contribution in [0.5, 0.6) is 0 Å². The van der Waals surface area contributed by atoms with Crippen LogP contribution < -0.4 is 0 Å². The topological polar surface area (TPSA) is 20.2 Å². The van der Waals surface area contributed by atoms with Crippen molar-refractivity contribution in [2.75, 3.05) is 0 Å². The minimum Gasteiger partial charge on any atom is -0.393 e. The van der Waals surface area contributed by atoms with Crippen molar-refractivity contribution in [3.63, 3.8) is 0 Å². The molecule has 4 aliphatic rings. The van der Waals surface area contributed by atoms with Crippen molar-refractivity contribution in [3.8, 4) is 0 Å². The Balaban J connectivity index is 1.52. The molecular formula is C28H46O. The van der Waals surface area contributed by atoms with Gasteiger partial charge in [0.15, 0.2) is 0 Å². The highest BCUT2D eigenvalue weighted by Crippen LogP contribution is 2.67. The zero-order valence-electron chi connectivity index (χ0n) is 19.8. The van der Waals surface area contributed by atoms with E-state index in [0.717, 1.165) is 42.4 Å². The van der Waals surface area contributed by atoms with Crippen LogP contribution in [-0.4, -0.2) is 11.2 Å². The first kappa shape index (κ1) is 21.7. The Bertz CT molecular complexity index is 659. The molecule has 0 radical (unpaired) electrons. The van der Waals surface area contributed by atoms with E-state index in [1.54, 1.807) is 5.57 Å². The normalized spacial score (nSPS) is 45.2.